The average Bonchev–Trinajstić information content (AvgIpc) is 2.46. The van der Waals surface area contributed by atoms with E-state index in [2.05, 4.69) is 17.3 Å². The van der Waals surface area contributed by atoms with Crippen LogP contribution < -0.4 is 16.0 Å². The van der Waals surface area contributed by atoms with E-state index in [0.717, 1.165) is 17.7 Å². The minimum absolute atomic E-state index is 0.0532. The van der Waals surface area contributed by atoms with Gasteiger partial charge in [0, 0.05) is 18.8 Å². The van der Waals surface area contributed by atoms with Crippen molar-refractivity contribution in [2.75, 3.05) is 6.61 Å². The largest absolute Gasteiger partial charge is 0.494 e. The van der Waals surface area contributed by atoms with Crippen LogP contribution in [0.25, 0.3) is 0 Å². The number of aryl methyl sites for hydroxylation is 1. The fraction of sp³-hybridized carbons (Fsp3) is 0.267. The van der Waals surface area contributed by atoms with Crippen molar-refractivity contribution in [1.82, 2.24) is 10.4 Å². The molecule has 1 aromatic carbocycles. The van der Waals surface area contributed by atoms with Gasteiger partial charge in [0.2, 0.25) is 0 Å². The maximum Gasteiger partial charge on any atom is 0.119 e. The first-order chi connectivity index (χ1) is 9.31. The van der Waals surface area contributed by atoms with Gasteiger partial charge in [-0.1, -0.05) is 18.2 Å². The molecule has 0 radical (unpaired) electrons. The van der Waals surface area contributed by atoms with Crippen LogP contribution in [-0.2, 0) is 0 Å². The SMILES string of the molecule is Cc1ccncc1C(CCOc1ccccc1)NN. The van der Waals surface area contributed by atoms with E-state index in [9.17, 15) is 0 Å². The maximum atomic E-state index is 5.68. The number of hydrogen-bond acceptors (Lipinski definition) is 4. The summed E-state index contributed by atoms with van der Waals surface area (Å²) in [5.41, 5.74) is 5.12. The molecule has 1 aromatic heterocycles. The standard InChI is InChI=1S/C15H19N3O/c1-12-7-9-17-11-14(12)15(18-16)8-10-19-13-5-3-2-4-6-13/h2-7,9,11,15,18H,8,10,16H2,1H3. The molecule has 3 N–H and O–H groups in total. The lowest BCUT2D eigenvalue weighted by Crippen LogP contribution is -2.30. The summed E-state index contributed by atoms with van der Waals surface area (Å²) in [6, 6.07) is 11.8. The minimum atomic E-state index is 0.0532. The average molecular weight is 257 g/mol. The molecule has 0 spiro atoms. The van der Waals surface area contributed by atoms with Gasteiger partial charge in [-0.15, -0.1) is 0 Å². The molecule has 0 saturated heterocycles. The second-order valence-electron chi connectivity index (χ2n) is 4.40. The third kappa shape index (κ3) is 3.77. The number of nitrogens with one attached hydrogen (secondary N) is 1. The van der Waals surface area contributed by atoms with E-state index in [4.69, 9.17) is 10.6 Å². The van der Waals surface area contributed by atoms with Gasteiger partial charge >= 0.3 is 0 Å². The molecule has 100 valence electrons. The monoisotopic (exact) mass is 257 g/mol. The Hall–Kier alpha value is -1.91. The van der Waals surface area contributed by atoms with E-state index >= 15 is 0 Å². The summed E-state index contributed by atoms with van der Waals surface area (Å²) in [7, 11) is 0. The van der Waals surface area contributed by atoms with Crippen LogP contribution >= 0.6 is 0 Å². The highest BCUT2D eigenvalue weighted by Crippen LogP contribution is 2.19. The molecular weight excluding hydrogens is 238 g/mol. The van der Waals surface area contributed by atoms with E-state index in [1.54, 1.807) is 6.20 Å². The summed E-state index contributed by atoms with van der Waals surface area (Å²) in [5.74, 6) is 6.50. The van der Waals surface area contributed by atoms with Crippen molar-refractivity contribution < 1.29 is 4.74 Å². The molecule has 2 aromatic rings. The number of rotatable bonds is 6. The van der Waals surface area contributed by atoms with Gasteiger partial charge in [-0.3, -0.25) is 16.3 Å². The van der Waals surface area contributed by atoms with Gasteiger partial charge in [-0.25, -0.2) is 0 Å². The summed E-state index contributed by atoms with van der Waals surface area (Å²) in [4.78, 5) is 4.14. The summed E-state index contributed by atoms with van der Waals surface area (Å²) in [6.07, 6.45) is 4.42. The van der Waals surface area contributed by atoms with Crippen LogP contribution in [-0.4, -0.2) is 11.6 Å². The van der Waals surface area contributed by atoms with E-state index in [1.807, 2.05) is 42.6 Å². The Morgan fingerprint density at radius 3 is 2.74 bits per heavy atom. The number of pyridine rings is 1. The second-order valence-corrected chi connectivity index (χ2v) is 4.40. The fourth-order valence-corrected chi connectivity index (χ4v) is 1.98. The molecule has 19 heavy (non-hydrogen) atoms. The van der Waals surface area contributed by atoms with Crippen LogP contribution in [0.2, 0.25) is 0 Å². The number of hydrazine groups is 1. The zero-order valence-electron chi connectivity index (χ0n) is 11.0. The number of hydrogen-bond donors (Lipinski definition) is 2. The van der Waals surface area contributed by atoms with Crippen LogP contribution in [0.15, 0.2) is 48.8 Å². The predicted molar refractivity (Wildman–Crippen MR) is 75.6 cm³/mol. The number of benzene rings is 1. The maximum absolute atomic E-state index is 5.68. The molecule has 0 aliphatic carbocycles. The Balaban J connectivity index is 1.92. The van der Waals surface area contributed by atoms with Gasteiger partial charge in [-0.05, 0) is 36.2 Å². The van der Waals surface area contributed by atoms with E-state index in [1.165, 1.54) is 5.56 Å². The Morgan fingerprint density at radius 2 is 2.05 bits per heavy atom. The zero-order valence-corrected chi connectivity index (χ0v) is 11.0. The molecule has 0 aliphatic heterocycles. The second kappa shape index (κ2) is 6.87. The van der Waals surface area contributed by atoms with Crippen LogP contribution in [0.1, 0.15) is 23.6 Å². The van der Waals surface area contributed by atoms with Crippen molar-refractivity contribution in [1.29, 1.82) is 0 Å². The molecule has 4 heteroatoms. The van der Waals surface area contributed by atoms with Crippen molar-refractivity contribution in [2.24, 2.45) is 5.84 Å². The smallest absolute Gasteiger partial charge is 0.119 e. The van der Waals surface area contributed by atoms with Crippen molar-refractivity contribution in [2.45, 2.75) is 19.4 Å². The molecule has 0 aliphatic rings. The highest BCUT2D eigenvalue weighted by molar-refractivity contribution is 5.25. The molecular formula is C15H19N3O. The van der Waals surface area contributed by atoms with Gasteiger partial charge in [0.15, 0.2) is 0 Å². The first-order valence-electron chi connectivity index (χ1n) is 6.35. The first kappa shape index (κ1) is 13.5. The minimum Gasteiger partial charge on any atom is -0.494 e. The molecule has 1 atom stereocenters. The zero-order chi connectivity index (χ0) is 13.5. The number of nitrogens with two attached hydrogens (primary N) is 1. The van der Waals surface area contributed by atoms with Gasteiger partial charge in [-0.2, -0.15) is 0 Å². The lowest BCUT2D eigenvalue weighted by Gasteiger charge is -2.18. The van der Waals surface area contributed by atoms with Crippen LogP contribution in [0.3, 0.4) is 0 Å². The molecule has 4 nitrogen and oxygen atoms in total. The molecule has 0 bridgehead atoms. The Kier molecular flexibility index (Phi) is 4.89. The number of ether oxygens (including phenoxy) is 1. The Bertz CT molecular complexity index is 502. The normalized spacial score (nSPS) is 12.1. The van der Waals surface area contributed by atoms with Crippen LogP contribution in [0.4, 0.5) is 0 Å². The molecule has 0 amide bonds. The van der Waals surface area contributed by atoms with E-state index in [-0.39, 0.29) is 6.04 Å². The van der Waals surface area contributed by atoms with Crippen molar-refractivity contribution in [3.8, 4) is 5.75 Å². The first-order valence-corrected chi connectivity index (χ1v) is 6.35. The lowest BCUT2D eigenvalue weighted by atomic mass is 10.0. The Morgan fingerprint density at radius 1 is 1.26 bits per heavy atom. The quantitative estimate of drug-likeness (QED) is 0.616. The summed E-state index contributed by atoms with van der Waals surface area (Å²) >= 11 is 0. The number of para-hydroxylation sites is 1. The molecule has 1 unspecified atom stereocenters. The predicted octanol–water partition coefficient (Wildman–Crippen LogP) is 2.36. The number of nitrogens with zero attached hydrogens (tertiary/aromatic N) is 1. The topological polar surface area (TPSA) is 60.2 Å². The molecule has 1 heterocycles. The third-order valence-electron chi connectivity index (χ3n) is 3.07. The van der Waals surface area contributed by atoms with Crippen molar-refractivity contribution in [3.05, 3.63) is 59.9 Å². The van der Waals surface area contributed by atoms with Gasteiger partial charge in [0.25, 0.3) is 0 Å². The van der Waals surface area contributed by atoms with Gasteiger partial charge < -0.3 is 4.74 Å². The highest BCUT2D eigenvalue weighted by atomic mass is 16.5. The van der Waals surface area contributed by atoms with E-state index < -0.39 is 0 Å². The van der Waals surface area contributed by atoms with Crippen molar-refractivity contribution in [3.63, 3.8) is 0 Å². The third-order valence-corrected chi connectivity index (χ3v) is 3.07. The summed E-state index contributed by atoms with van der Waals surface area (Å²) < 4.78 is 5.68. The van der Waals surface area contributed by atoms with Gasteiger partial charge in [0.05, 0.1) is 12.6 Å². The molecule has 2 rings (SSSR count). The van der Waals surface area contributed by atoms with Gasteiger partial charge in [0.1, 0.15) is 5.75 Å². The molecule has 0 saturated carbocycles. The van der Waals surface area contributed by atoms with Crippen LogP contribution in [0, 0.1) is 6.92 Å². The lowest BCUT2D eigenvalue weighted by molar-refractivity contribution is 0.287. The van der Waals surface area contributed by atoms with E-state index in [0.29, 0.717) is 6.61 Å². The van der Waals surface area contributed by atoms with Crippen molar-refractivity contribution >= 4 is 0 Å². The number of aromatic nitrogens is 1. The summed E-state index contributed by atoms with van der Waals surface area (Å²) in [6.45, 7) is 2.66. The highest BCUT2D eigenvalue weighted by Gasteiger charge is 2.12. The fourth-order valence-electron chi connectivity index (χ4n) is 1.98. The Labute approximate surface area is 113 Å². The molecule has 0 fully saturated rings. The summed E-state index contributed by atoms with van der Waals surface area (Å²) in [5, 5.41) is 0. The van der Waals surface area contributed by atoms with Crippen LogP contribution in [0.5, 0.6) is 5.75 Å².